The molecular weight excluding hydrogens is 208 g/mol. The van der Waals surface area contributed by atoms with Crippen LogP contribution < -0.4 is 5.32 Å². The molecule has 17 heavy (non-hydrogen) atoms. The summed E-state index contributed by atoms with van der Waals surface area (Å²) < 4.78 is 0. The molecule has 2 nitrogen and oxygen atoms in total. The topological polar surface area (TPSA) is 15.3 Å². The predicted molar refractivity (Wildman–Crippen MR) is 78.4 cm³/mol. The molecule has 0 saturated heterocycles. The summed E-state index contributed by atoms with van der Waals surface area (Å²) in [4.78, 5) is 2.53. The fourth-order valence-electron chi connectivity index (χ4n) is 2.17. The maximum atomic E-state index is 3.87. The first-order valence-corrected chi connectivity index (χ1v) is 6.93. The maximum Gasteiger partial charge on any atom is 0.0168 e. The van der Waals surface area contributed by atoms with Gasteiger partial charge < -0.3 is 5.32 Å². The van der Waals surface area contributed by atoms with E-state index in [0.717, 1.165) is 19.6 Å². The molecule has 0 fully saturated rings. The second-order valence-electron chi connectivity index (χ2n) is 6.03. The van der Waals surface area contributed by atoms with E-state index in [0.29, 0.717) is 12.0 Å². The second kappa shape index (κ2) is 7.88. The monoisotopic (exact) mass is 240 g/mol. The standard InChI is InChI=1S/C15H32N2/c1-8-10-16-12-13(3)14(4)17(11-9-2)15(5,6)7/h9,13-14,16H,2,8,10-12H2,1,3-7H3. The average molecular weight is 240 g/mol. The van der Waals surface area contributed by atoms with Crippen molar-refractivity contribution in [2.75, 3.05) is 19.6 Å². The second-order valence-corrected chi connectivity index (χ2v) is 6.03. The quantitative estimate of drug-likeness (QED) is 0.517. The zero-order chi connectivity index (χ0) is 13.5. The Morgan fingerprint density at radius 1 is 1.29 bits per heavy atom. The van der Waals surface area contributed by atoms with Crippen molar-refractivity contribution in [3.63, 3.8) is 0 Å². The van der Waals surface area contributed by atoms with Crippen LogP contribution in [0.4, 0.5) is 0 Å². The summed E-state index contributed by atoms with van der Waals surface area (Å²) >= 11 is 0. The number of nitrogens with one attached hydrogen (secondary N) is 1. The first kappa shape index (κ1) is 16.7. The normalized spacial score (nSPS) is 15.9. The molecule has 0 saturated carbocycles. The molecular formula is C15H32N2. The fourth-order valence-corrected chi connectivity index (χ4v) is 2.17. The van der Waals surface area contributed by atoms with E-state index in [1.54, 1.807) is 0 Å². The van der Waals surface area contributed by atoms with E-state index in [2.05, 4.69) is 58.3 Å². The number of hydrogen-bond acceptors (Lipinski definition) is 2. The van der Waals surface area contributed by atoms with Crippen LogP contribution in [-0.4, -0.2) is 36.1 Å². The van der Waals surface area contributed by atoms with Crippen molar-refractivity contribution in [1.82, 2.24) is 10.2 Å². The Kier molecular flexibility index (Phi) is 7.73. The molecule has 1 N–H and O–H groups in total. The predicted octanol–water partition coefficient (Wildman–Crippen LogP) is 3.30. The minimum atomic E-state index is 0.201. The van der Waals surface area contributed by atoms with Crippen LogP contribution in [0.3, 0.4) is 0 Å². The van der Waals surface area contributed by atoms with Gasteiger partial charge in [-0.15, -0.1) is 6.58 Å². The first-order chi connectivity index (χ1) is 7.84. The Hall–Kier alpha value is -0.340. The Balaban J connectivity index is 4.39. The molecule has 0 rings (SSSR count). The highest BCUT2D eigenvalue weighted by Gasteiger charge is 2.28. The van der Waals surface area contributed by atoms with Crippen molar-refractivity contribution in [2.45, 2.75) is 59.5 Å². The van der Waals surface area contributed by atoms with Crippen molar-refractivity contribution >= 4 is 0 Å². The summed E-state index contributed by atoms with van der Waals surface area (Å²) in [7, 11) is 0. The van der Waals surface area contributed by atoms with Crippen LogP contribution >= 0.6 is 0 Å². The molecule has 0 amide bonds. The smallest absolute Gasteiger partial charge is 0.0168 e. The van der Waals surface area contributed by atoms with Gasteiger partial charge in [-0.25, -0.2) is 0 Å². The zero-order valence-corrected chi connectivity index (χ0v) is 12.7. The van der Waals surface area contributed by atoms with Crippen LogP contribution in [0, 0.1) is 5.92 Å². The molecule has 0 aliphatic heterocycles. The van der Waals surface area contributed by atoms with Gasteiger partial charge in [0.25, 0.3) is 0 Å². The van der Waals surface area contributed by atoms with Crippen LogP contribution in [-0.2, 0) is 0 Å². The molecule has 0 aromatic heterocycles. The van der Waals surface area contributed by atoms with Gasteiger partial charge >= 0.3 is 0 Å². The minimum Gasteiger partial charge on any atom is -0.316 e. The van der Waals surface area contributed by atoms with Crippen molar-refractivity contribution in [2.24, 2.45) is 5.92 Å². The number of hydrogen-bond donors (Lipinski definition) is 1. The van der Waals surface area contributed by atoms with E-state index in [-0.39, 0.29) is 5.54 Å². The largest absolute Gasteiger partial charge is 0.316 e. The number of rotatable bonds is 8. The van der Waals surface area contributed by atoms with E-state index >= 15 is 0 Å². The molecule has 0 aliphatic rings. The van der Waals surface area contributed by atoms with Gasteiger partial charge in [0.2, 0.25) is 0 Å². The maximum absolute atomic E-state index is 3.87. The highest BCUT2D eigenvalue weighted by molar-refractivity contribution is 4.88. The van der Waals surface area contributed by atoms with Crippen molar-refractivity contribution in [1.29, 1.82) is 0 Å². The van der Waals surface area contributed by atoms with E-state index in [4.69, 9.17) is 0 Å². The third-order valence-corrected chi connectivity index (χ3v) is 3.40. The lowest BCUT2D eigenvalue weighted by Gasteiger charge is -2.42. The van der Waals surface area contributed by atoms with Gasteiger partial charge in [-0.2, -0.15) is 0 Å². The summed E-state index contributed by atoms with van der Waals surface area (Å²) in [5.74, 6) is 0.653. The van der Waals surface area contributed by atoms with E-state index in [9.17, 15) is 0 Å². The lowest BCUT2D eigenvalue weighted by molar-refractivity contribution is 0.0757. The molecule has 2 unspecified atom stereocenters. The van der Waals surface area contributed by atoms with Gasteiger partial charge in [0.05, 0.1) is 0 Å². The molecule has 0 heterocycles. The van der Waals surface area contributed by atoms with Crippen LogP contribution in [0.2, 0.25) is 0 Å². The van der Waals surface area contributed by atoms with E-state index in [1.807, 2.05) is 6.08 Å². The SMILES string of the molecule is C=CCN(C(C)C(C)CNCCC)C(C)(C)C. The Morgan fingerprint density at radius 2 is 1.88 bits per heavy atom. The van der Waals surface area contributed by atoms with Crippen LogP contribution in [0.15, 0.2) is 12.7 Å². The molecule has 0 aromatic carbocycles. The molecule has 102 valence electrons. The lowest BCUT2D eigenvalue weighted by atomic mass is 9.95. The Bertz CT molecular complexity index is 205. The summed E-state index contributed by atoms with van der Waals surface area (Å²) in [6, 6.07) is 0.567. The summed E-state index contributed by atoms with van der Waals surface area (Å²) in [6.07, 6.45) is 3.21. The number of nitrogens with zero attached hydrogens (tertiary/aromatic N) is 1. The molecule has 0 radical (unpaired) electrons. The lowest BCUT2D eigenvalue weighted by Crippen LogP contribution is -2.50. The van der Waals surface area contributed by atoms with Crippen molar-refractivity contribution in [3.05, 3.63) is 12.7 Å². The van der Waals surface area contributed by atoms with Crippen molar-refractivity contribution in [3.8, 4) is 0 Å². The molecule has 0 aliphatic carbocycles. The molecule has 0 aromatic rings. The molecule has 0 spiro atoms. The van der Waals surface area contributed by atoms with Crippen LogP contribution in [0.1, 0.15) is 48.0 Å². The zero-order valence-electron chi connectivity index (χ0n) is 12.7. The average Bonchev–Trinajstić information content (AvgIpc) is 2.23. The minimum absolute atomic E-state index is 0.201. The highest BCUT2D eigenvalue weighted by Crippen LogP contribution is 2.21. The molecule has 0 bridgehead atoms. The fraction of sp³-hybridized carbons (Fsp3) is 0.867. The van der Waals surface area contributed by atoms with E-state index in [1.165, 1.54) is 6.42 Å². The summed E-state index contributed by atoms with van der Waals surface area (Å²) in [6.45, 7) is 20.7. The van der Waals surface area contributed by atoms with Crippen molar-refractivity contribution < 1.29 is 0 Å². The van der Waals surface area contributed by atoms with E-state index < -0.39 is 0 Å². The Morgan fingerprint density at radius 3 is 2.29 bits per heavy atom. The summed E-state index contributed by atoms with van der Waals surface area (Å²) in [5, 5.41) is 3.51. The Labute approximate surface area is 108 Å². The third kappa shape index (κ3) is 6.23. The van der Waals surface area contributed by atoms with Gasteiger partial charge in [-0.3, -0.25) is 4.90 Å². The first-order valence-electron chi connectivity index (χ1n) is 6.93. The summed E-state index contributed by atoms with van der Waals surface area (Å²) in [5.41, 5.74) is 0.201. The van der Waals surface area contributed by atoms with Gasteiger partial charge in [-0.05, 0) is 53.1 Å². The van der Waals surface area contributed by atoms with Crippen LogP contribution in [0.25, 0.3) is 0 Å². The molecule has 2 heteroatoms. The highest BCUT2D eigenvalue weighted by atomic mass is 15.2. The van der Waals surface area contributed by atoms with Gasteiger partial charge in [0.15, 0.2) is 0 Å². The van der Waals surface area contributed by atoms with Gasteiger partial charge in [0.1, 0.15) is 0 Å². The third-order valence-electron chi connectivity index (χ3n) is 3.40. The van der Waals surface area contributed by atoms with Crippen LogP contribution in [0.5, 0.6) is 0 Å². The van der Waals surface area contributed by atoms with Gasteiger partial charge in [-0.1, -0.05) is 19.9 Å². The molecule has 2 atom stereocenters. The van der Waals surface area contributed by atoms with Gasteiger partial charge in [0, 0.05) is 18.1 Å².